The quantitative estimate of drug-likeness (QED) is 0.798. The number of carbonyl (C=O) groups excluding carboxylic acids is 1. The van der Waals surface area contributed by atoms with Crippen LogP contribution in [0.25, 0.3) is 0 Å². The van der Waals surface area contributed by atoms with Crippen LogP contribution in [0.5, 0.6) is 0 Å². The first-order valence-electron chi connectivity index (χ1n) is 5.28. The number of benzene rings is 1. The lowest BCUT2D eigenvalue weighted by Crippen LogP contribution is -2.32. The van der Waals surface area contributed by atoms with Gasteiger partial charge < -0.3 is 15.2 Å². The van der Waals surface area contributed by atoms with Crippen LogP contribution in [0, 0.1) is 5.82 Å². The van der Waals surface area contributed by atoms with Gasteiger partial charge in [-0.2, -0.15) is 0 Å². The second kappa shape index (κ2) is 6.70. The number of ether oxygens (including phenoxy) is 1. The summed E-state index contributed by atoms with van der Waals surface area (Å²) in [5.74, 6) is -1.90. The molecule has 1 unspecified atom stereocenters. The summed E-state index contributed by atoms with van der Waals surface area (Å²) >= 11 is 0. The van der Waals surface area contributed by atoms with Crippen LogP contribution in [0.3, 0.4) is 0 Å². The number of nitrogens with one attached hydrogen (secondary N) is 1. The van der Waals surface area contributed by atoms with Gasteiger partial charge in [-0.1, -0.05) is 12.1 Å². The number of carboxylic acids is 1. The van der Waals surface area contributed by atoms with Crippen molar-refractivity contribution in [1.29, 1.82) is 0 Å². The van der Waals surface area contributed by atoms with Gasteiger partial charge in [0.2, 0.25) is 5.91 Å². The Morgan fingerprint density at radius 3 is 2.50 bits per heavy atom. The van der Waals surface area contributed by atoms with Crippen molar-refractivity contribution in [2.24, 2.45) is 0 Å². The molecule has 0 aliphatic heterocycles. The molecule has 0 aliphatic rings. The number of rotatable bonds is 6. The normalized spacial score (nSPS) is 11.9. The predicted octanol–water partition coefficient (Wildman–Crippen LogP) is 1.10. The van der Waals surface area contributed by atoms with Crippen LogP contribution >= 0.6 is 0 Å². The zero-order valence-corrected chi connectivity index (χ0v) is 9.85. The molecular weight excluding hydrogens is 241 g/mol. The van der Waals surface area contributed by atoms with E-state index in [2.05, 4.69) is 10.1 Å². The number of carbonyl (C=O) groups is 2. The fourth-order valence-corrected chi connectivity index (χ4v) is 1.49. The Labute approximate surface area is 104 Å². The number of amides is 1. The van der Waals surface area contributed by atoms with E-state index >= 15 is 0 Å². The van der Waals surface area contributed by atoms with Crippen molar-refractivity contribution in [3.63, 3.8) is 0 Å². The lowest BCUT2D eigenvalue weighted by atomic mass is 10.0. The summed E-state index contributed by atoms with van der Waals surface area (Å²) in [6.07, 6.45) is -0.277. The van der Waals surface area contributed by atoms with Crippen molar-refractivity contribution in [3.05, 3.63) is 35.6 Å². The summed E-state index contributed by atoms with van der Waals surface area (Å²) in [4.78, 5) is 22.1. The minimum atomic E-state index is -1.05. The molecule has 1 atom stereocenters. The van der Waals surface area contributed by atoms with E-state index in [1.165, 1.54) is 31.4 Å². The molecule has 18 heavy (non-hydrogen) atoms. The van der Waals surface area contributed by atoms with E-state index < -0.39 is 23.7 Å². The van der Waals surface area contributed by atoms with Gasteiger partial charge in [-0.15, -0.1) is 0 Å². The third-order valence-electron chi connectivity index (χ3n) is 2.26. The molecule has 0 bridgehead atoms. The molecule has 5 nitrogen and oxygen atoms in total. The van der Waals surface area contributed by atoms with E-state index in [1.54, 1.807) is 0 Å². The SMILES string of the molecule is COCC(=O)NC(CC(=O)O)c1ccc(F)cc1. The van der Waals surface area contributed by atoms with Gasteiger partial charge in [0.05, 0.1) is 12.5 Å². The van der Waals surface area contributed by atoms with E-state index in [4.69, 9.17) is 5.11 Å². The summed E-state index contributed by atoms with van der Waals surface area (Å²) in [6.45, 7) is -0.155. The Balaban J connectivity index is 2.80. The largest absolute Gasteiger partial charge is 0.481 e. The molecule has 0 saturated heterocycles. The van der Waals surface area contributed by atoms with Gasteiger partial charge >= 0.3 is 5.97 Å². The van der Waals surface area contributed by atoms with Crippen LogP contribution in [0.1, 0.15) is 18.0 Å². The summed E-state index contributed by atoms with van der Waals surface area (Å²) in [6, 6.07) is 4.61. The molecule has 2 N–H and O–H groups in total. The highest BCUT2D eigenvalue weighted by atomic mass is 19.1. The van der Waals surface area contributed by atoms with Crippen LogP contribution in [-0.2, 0) is 14.3 Å². The summed E-state index contributed by atoms with van der Waals surface area (Å²) < 4.78 is 17.4. The minimum absolute atomic E-state index is 0.155. The monoisotopic (exact) mass is 255 g/mol. The van der Waals surface area contributed by atoms with Crippen molar-refractivity contribution in [1.82, 2.24) is 5.32 Å². The Morgan fingerprint density at radius 1 is 1.39 bits per heavy atom. The summed E-state index contributed by atoms with van der Waals surface area (Å²) in [5, 5.41) is 11.3. The predicted molar refractivity (Wildman–Crippen MR) is 61.4 cm³/mol. The first-order valence-corrected chi connectivity index (χ1v) is 5.28. The van der Waals surface area contributed by atoms with Crippen molar-refractivity contribution in [2.75, 3.05) is 13.7 Å². The van der Waals surface area contributed by atoms with Gasteiger partial charge in [-0.3, -0.25) is 9.59 Å². The zero-order valence-electron chi connectivity index (χ0n) is 9.85. The first kappa shape index (κ1) is 14.1. The van der Waals surface area contributed by atoms with E-state index in [1.807, 2.05) is 0 Å². The molecule has 1 rings (SSSR count). The average molecular weight is 255 g/mol. The number of halogens is 1. The summed E-state index contributed by atoms with van der Waals surface area (Å²) in [5.41, 5.74) is 0.531. The highest BCUT2D eigenvalue weighted by Crippen LogP contribution is 2.17. The van der Waals surface area contributed by atoms with Crippen LogP contribution in [0.15, 0.2) is 24.3 Å². The number of hydrogen-bond acceptors (Lipinski definition) is 3. The average Bonchev–Trinajstić information content (AvgIpc) is 2.28. The smallest absolute Gasteiger partial charge is 0.305 e. The van der Waals surface area contributed by atoms with Gasteiger partial charge in [0, 0.05) is 7.11 Å². The highest BCUT2D eigenvalue weighted by Gasteiger charge is 2.17. The molecule has 0 heterocycles. The molecule has 6 heteroatoms. The second-order valence-electron chi connectivity index (χ2n) is 3.70. The molecule has 0 saturated carbocycles. The van der Waals surface area contributed by atoms with Crippen molar-refractivity contribution in [3.8, 4) is 0 Å². The standard InChI is InChI=1S/C12H14FNO4/c1-18-7-11(15)14-10(6-12(16)17)8-2-4-9(13)5-3-8/h2-5,10H,6-7H2,1H3,(H,14,15)(H,16,17). The Hall–Kier alpha value is -1.95. The maximum Gasteiger partial charge on any atom is 0.305 e. The Morgan fingerprint density at radius 2 is 2.00 bits per heavy atom. The molecule has 0 radical (unpaired) electrons. The molecule has 0 aromatic heterocycles. The number of methoxy groups -OCH3 is 1. The molecular formula is C12H14FNO4. The van der Waals surface area contributed by atoms with E-state index in [-0.39, 0.29) is 13.0 Å². The van der Waals surface area contributed by atoms with Crippen LogP contribution in [0.2, 0.25) is 0 Å². The number of carboxylic acid groups (broad SMARTS) is 1. The van der Waals surface area contributed by atoms with E-state index in [9.17, 15) is 14.0 Å². The van der Waals surface area contributed by atoms with Gasteiger partial charge in [-0.25, -0.2) is 4.39 Å². The van der Waals surface area contributed by atoms with E-state index in [0.29, 0.717) is 5.56 Å². The van der Waals surface area contributed by atoms with Gasteiger partial charge in [0.25, 0.3) is 0 Å². The first-order chi connectivity index (χ1) is 8.52. The van der Waals surface area contributed by atoms with Crippen molar-refractivity contribution in [2.45, 2.75) is 12.5 Å². The third kappa shape index (κ3) is 4.50. The number of aliphatic carboxylic acids is 1. The van der Waals surface area contributed by atoms with Crippen molar-refractivity contribution >= 4 is 11.9 Å². The molecule has 1 aromatic rings. The molecule has 0 spiro atoms. The lowest BCUT2D eigenvalue weighted by Gasteiger charge is -2.17. The second-order valence-corrected chi connectivity index (χ2v) is 3.70. The third-order valence-corrected chi connectivity index (χ3v) is 2.26. The van der Waals surface area contributed by atoms with Gasteiger partial charge in [-0.05, 0) is 17.7 Å². The van der Waals surface area contributed by atoms with Gasteiger partial charge in [0.15, 0.2) is 0 Å². The highest BCUT2D eigenvalue weighted by molar-refractivity contribution is 5.78. The fraction of sp³-hybridized carbons (Fsp3) is 0.333. The van der Waals surface area contributed by atoms with Crippen LogP contribution in [0.4, 0.5) is 4.39 Å². The van der Waals surface area contributed by atoms with Crippen LogP contribution in [-0.4, -0.2) is 30.7 Å². The Bertz CT molecular complexity index is 419. The minimum Gasteiger partial charge on any atom is -0.481 e. The molecule has 0 aliphatic carbocycles. The lowest BCUT2D eigenvalue weighted by molar-refractivity contribution is -0.137. The van der Waals surface area contributed by atoms with Crippen LogP contribution < -0.4 is 5.32 Å². The Kier molecular flexibility index (Phi) is 5.26. The maximum absolute atomic E-state index is 12.8. The van der Waals surface area contributed by atoms with E-state index in [0.717, 1.165) is 0 Å². The zero-order chi connectivity index (χ0) is 13.5. The topological polar surface area (TPSA) is 75.6 Å². The molecule has 0 fully saturated rings. The fourth-order valence-electron chi connectivity index (χ4n) is 1.49. The molecule has 98 valence electrons. The van der Waals surface area contributed by atoms with Crippen molar-refractivity contribution < 1.29 is 23.8 Å². The number of hydrogen-bond donors (Lipinski definition) is 2. The summed E-state index contributed by atoms with van der Waals surface area (Å²) in [7, 11) is 1.36. The molecule has 1 amide bonds. The maximum atomic E-state index is 12.8. The molecule has 1 aromatic carbocycles. The van der Waals surface area contributed by atoms with Gasteiger partial charge in [0.1, 0.15) is 12.4 Å².